The smallest absolute Gasteiger partial charge is 0.287 e. The van der Waals surface area contributed by atoms with Gasteiger partial charge in [0.1, 0.15) is 0 Å². The Labute approximate surface area is 163 Å². The highest BCUT2D eigenvalue weighted by molar-refractivity contribution is 6.04. The number of rotatable bonds is 4. The third kappa shape index (κ3) is 4.81. The number of hydrogen-bond donors (Lipinski definition) is 0. The summed E-state index contributed by atoms with van der Waals surface area (Å²) in [6, 6.07) is 23.9. The Balaban J connectivity index is 2.01. The molecule has 0 spiro atoms. The van der Waals surface area contributed by atoms with Crippen molar-refractivity contribution in [2.75, 3.05) is 0 Å². The fourth-order valence-electron chi connectivity index (χ4n) is 2.61. The van der Waals surface area contributed by atoms with Gasteiger partial charge in [-0.2, -0.15) is 8.78 Å². The summed E-state index contributed by atoms with van der Waals surface area (Å²) >= 11 is 0. The van der Waals surface area contributed by atoms with E-state index in [9.17, 15) is 13.6 Å². The van der Waals surface area contributed by atoms with Gasteiger partial charge in [0.2, 0.25) is 5.78 Å². The van der Waals surface area contributed by atoms with E-state index in [1.165, 1.54) is 12.1 Å². The summed E-state index contributed by atoms with van der Waals surface area (Å²) in [4.78, 5) is 12.4. The first-order chi connectivity index (χ1) is 13.5. The van der Waals surface area contributed by atoms with E-state index in [1.807, 2.05) is 25.1 Å². The molecule has 0 atom stereocenters. The molecule has 3 rings (SSSR count). The molecule has 138 valence electrons. The summed E-state index contributed by atoms with van der Waals surface area (Å²) in [5.74, 6) is 0.769. The predicted octanol–water partition coefficient (Wildman–Crippen LogP) is 5.95. The van der Waals surface area contributed by atoms with E-state index in [1.54, 1.807) is 54.6 Å². The Hall–Kier alpha value is -3.51. The lowest BCUT2D eigenvalue weighted by Gasteiger charge is -2.12. The molecular weight excluding hydrogens is 354 g/mol. The molecule has 0 radical (unpaired) electrons. The third-order valence-electron chi connectivity index (χ3n) is 4.14. The van der Waals surface area contributed by atoms with Crippen molar-refractivity contribution in [3.63, 3.8) is 0 Å². The number of hydrogen-bond acceptors (Lipinski definition) is 1. The molecule has 3 heteroatoms. The average Bonchev–Trinajstić information content (AvgIpc) is 2.72. The van der Waals surface area contributed by atoms with Crippen LogP contribution in [0.4, 0.5) is 8.78 Å². The number of aryl methyl sites for hydroxylation is 1. The van der Waals surface area contributed by atoms with Crippen LogP contribution in [0.5, 0.6) is 0 Å². The van der Waals surface area contributed by atoms with Crippen molar-refractivity contribution in [2.45, 2.75) is 12.8 Å². The summed E-state index contributed by atoms with van der Waals surface area (Å²) in [7, 11) is 0. The molecular formula is C25H18F2O. The van der Waals surface area contributed by atoms with Gasteiger partial charge in [-0.3, -0.25) is 4.79 Å². The topological polar surface area (TPSA) is 17.1 Å². The monoisotopic (exact) mass is 372 g/mol. The molecule has 0 heterocycles. The maximum atomic E-state index is 14.8. The number of carbonyl (C=O) groups excluding carboxylic acids is 1. The first-order valence-electron chi connectivity index (χ1n) is 8.80. The molecule has 0 saturated heterocycles. The van der Waals surface area contributed by atoms with Crippen LogP contribution < -0.4 is 0 Å². The normalized spacial score (nSPS) is 11.5. The zero-order valence-electron chi connectivity index (χ0n) is 15.3. The molecule has 1 nitrogen and oxygen atoms in total. The number of benzene rings is 3. The minimum absolute atomic E-state index is 0.0321. The van der Waals surface area contributed by atoms with Gasteiger partial charge in [-0.1, -0.05) is 90.2 Å². The van der Waals surface area contributed by atoms with Gasteiger partial charge >= 0.3 is 5.92 Å². The van der Waals surface area contributed by atoms with Gasteiger partial charge in [0.05, 0.1) is 0 Å². The summed E-state index contributed by atoms with van der Waals surface area (Å²) in [6.45, 7) is 1.83. The number of halogens is 2. The van der Waals surface area contributed by atoms with E-state index in [0.717, 1.165) is 5.56 Å². The lowest BCUT2D eigenvalue weighted by Crippen LogP contribution is -2.26. The molecule has 3 aromatic rings. The molecule has 28 heavy (non-hydrogen) atoms. The van der Waals surface area contributed by atoms with Crippen molar-refractivity contribution < 1.29 is 13.6 Å². The lowest BCUT2D eigenvalue weighted by atomic mass is 9.99. The molecule has 0 fully saturated rings. The van der Waals surface area contributed by atoms with E-state index in [0.29, 0.717) is 17.2 Å². The fraction of sp³-hybridized carbons (Fsp3) is 0.0800. The average molecular weight is 372 g/mol. The molecule has 0 aliphatic rings. The Morgan fingerprint density at radius 2 is 1.39 bits per heavy atom. The minimum Gasteiger partial charge on any atom is -0.287 e. The molecule has 0 amide bonds. The molecule has 0 bridgehead atoms. The largest absolute Gasteiger partial charge is 0.329 e. The van der Waals surface area contributed by atoms with Crippen LogP contribution in [-0.2, 0) is 0 Å². The number of alkyl halides is 2. The number of carbonyl (C=O) groups is 1. The number of Topliss-reactive ketones (excluding diaryl/α,β-unsaturated/α-hetero) is 1. The van der Waals surface area contributed by atoms with E-state index in [4.69, 9.17) is 0 Å². The Morgan fingerprint density at radius 1 is 0.821 bits per heavy atom. The SMILES string of the molecule is Cc1ccc(C(=O)C(F)(F)/C=C(/C#Cc2ccccc2)c2ccccc2)cc1. The van der Waals surface area contributed by atoms with Gasteiger partial charge in [-0.15, -0.1) is 0 Å². The van der Waals surface area contributed by atoms with Gasteiger partial charge in [0.15, 0.2) is 0 Å². The molecule has 0 N–H and O–H groups in total. The van der Waals surface area contributed by atoms with Crippen LogP contribution in [-0.4, -0.2) is 11.7 Å². The van der Waals surface area contributed by atoms with Crippen molar-refractivity contribution in [3.05, 3.63) is 113 Å². The highest BCUT2D eigenvalue weighted by Crippen LogP contribution is 2.27. The third-order valence-corrected chi connectivity index (χ3v) is 4.14. The molecule has 0 aliphatic carbocycles. The Kier molecular flexibility index (Phi) is 5.81. The highest BCUT2D eigenvalue weighted by Gasteiger charge is 2.37. The fourth-order valence-corrected chi connectivity index (χ4v) is 2.61. The van der Waals surface area contributed by atoms with Crippen LogP contribution in [0.1, 0.15) is 27.0 Å². The summed E-state index contributed by atoms with van der Waals surface area (Å²) in [5, 5.41) is 0. The molecule has 0 aromatic heterocycles. The molecule has 0 aliphatic heterocycles. The van der Waals surface area contributed by atoms with Crippen molar-refractivity contribution in [1.82, 2.24) is 0 Å². The maximum absolute atomic E-state index is 14.8. The van der Waals surface area contributed by atoms with Crippen LogP contribution >= 0.6 is 0 Å². The first-order valence-corrected chi connectivity index (χ1v) is 8.80. The number of ketones is 1. The van der Waals surface area contributed by atoms with Crippen LogP contribution in [0, 0.1) is 18.8 Å². The van der Waals surface area contributed by atoms with Crippen molar-refractivity contribution in [1.29, 1.82) is 0 Å². The Bertz CT molecular complexity index is 1040. The van der Waals surface area contributed by atoms with Gasteiger partial charge < -0.3 is 0 Å². The lowest BCUT2D eigenvalue weighted by molar-refractivity contribution is 0.0384. The standard InChI is InChI=1S/C25H18F2O/c1-19-12-15-22(16-13-19)24(28)25(26,27)18-23(21-10-6-3-7-11-21)17-14-20-8-4-2-5-9-20/h2-13,15-16,18H,1H3/b23-18-. The van der Waals surface area contributed by atoms with Crippen LogP contribution in [0.25, 0.3) is 5.57 Å². The van der Waals surface area contributed by atoms with Crippen LogP contribution in [0.3, 0.4) is 0 Å². The summed E-state index contributed by atoms with van der Waals surface area (Å²) in [6.07, 6.45) is 0.653. The molecule has 3 aromatic carbocycles. The maximum Gasteiger partial charge on any atom is 0.329 e. The zero-order chi connectivity index (χ0) is 20.0. The Morgan fingerprint density at radius 3 is 2.00 bits per heavy atom. The van der Waals surface area contributed by atoms with E-state index < -0.39 is 11.7 Å². The molecule has 0 unspecified atom stereocenters. The predicted molar refractivity (Wildman–Crippen MR) is 108 cm³/mol. The summed E-state index contributed by atoms with van der Waals surface area (Å²) < 4.78 is 29.5. The van der Waals surface area contributed by atoms with Gasteiger partial charge in [0.25, 0.3) is 0 Å². The summed E-state index contributed by atoms with van der Waals surface area (Å²) in [5.41, 5.74) is 2.21. The van der Waals surface area contributed by atoms with E-state index >= 15 is 0 Å². The van der Waals surface area contributed by atoms with E-state index in [-0.39, 0.29) is 11.1 Å². The quantitative estimate of drug-likeness (QED) is 0.409. The zero-order valence-corrected chi connectivity index (χ0v) is 15.3. The van der Waals surface area contributed by atoms with Gasteiger partial charge in [-0.05, 0) is 24.6 Å². The van der Waals surface area contributed by atoms with Crippen LogP contribution in [0.2, 0.25) is 0 Å². The highest BCUT2D eigenvalue weighted by atomic mass is 19.3. The van der Waals surface area contributed by atoms with Gasteiger partial charge in [-0.25, -0.2) is 0 Å². The van der Waals surface area contributed by atoms with Crippen molar-refractivity contribution >= 4 is 11.4 Å². The van der Waals surface area contributed by atoms with E-state index in [2.05, 4.69) is 11.8 Å². The number of allylic oxidation sites excluding steroid dienone is 2. The van der Waals surface area contributed by atoms with Crippen molar-refractivity contribution in [2.24, 2.45) is 0 Å². The second kappa shape index (κ2) is 8.45. The van der Waals surface area contributed by atoms with Gasteiger partial charge in [0, 0.05) is 22.8 Å². The minimum atomic E-state index is -3.67. The molecule has 0 saturated carbocycles. The first kappa shape index (κ1) is 19.3. The van der Waals surface area contributed by atoms with Crippen molar-refractivity contribution in [3.8, 4) is 11.8 Å². The second-order valence-electron chi connectivity index (χ2n) is 6.36. The second-order valence-corrected chi connectivity index (χ2v) is 6.36. The van der Waals surface area contributed by atoms with Crippen LogP contribution in [0.15, 0.2) is 91.0 Å².